The van der Waals surface area contributed by atoms with Crippen molar-refractivity contribution in [1.82, 2.24) is 9.29 Å². The van der Waals surface area contributed by atoms with E-state index in [1.165, 1.54) is 0 Å². The molecule has 31 heavy (non-hydrogen) atoms. The number of methoxy groups -OCH3 is 1. The second-order valence-corrected chi connectivity index (χ2v) is 9.90. The third-order valence-electron chi connectivity index (χ3n) is 5.83. The third kappa shape index (κ3) is 4.70. The summed E-state index contributed by atoms with van der Waals surface area (Å²) in [5.74, 6) is 0.862. The van der Waals surface area contributed by atoms with E-state index in [1.54, 1.807) is 14.0 Å². The molecule has 1 aromatic carbocycles. The number of hydrogen-bond acceptors (Lipinski definition) is 4. The third-order valence-corrected chi connectivity index (χ3v) is 7.25. The number of ether oxygens (including phenoxy) is 1. The molecule has 0 radical (unpaired) electrons. The van der Waals surface area contributed by atoms with E-state index in [4.69, 9.17) is 4.74 Å². The summed E-state index contributed by atoms with van der Waals surface area (Å²) in [5, 5.41) is 11.0. The van der Waals surface area contributed by atoms with Crippen molar-refractivity contribution in [2.75, 3.05) is 12.9 Å². The highest BCUT2D eigenvalue weighted by molar-refractivity contribution is 7.89. The molecule has 0 bridgehead atoms. The van der Waals surface area contributed by atoms with Crippen LogP contribution in [-0.4, -0.2) is 31.9 Å². The fourth-order valence-electron chi connectivity index (χ4n) is 4.17. The number of nitriles is 1. The fraction of sp³-hybridized carbons (Fsp3) is 0.458. The average Bonchev–Trinajstić information content (AvgIpc) is 2.90. The van der Waals surface area contributed by atoms with Gasteiger partial charge in [0.1, 0.15) is 11.8 Å². The van der Waals surface area contributed by atoms with Gasteiger partial charge in [0.2, 0.25) is 10.0 Å². The van der Waals surface area contributed by atoms with Gasteiger partial charge in [-0.25, -0.2) is 13.1 Å². The van der Waals surface area contributed by atoms with Crippen LogP contribution >= 0.6 is 0 Å². The SMILES string of the molecule is CCCCn1c(C2=CCCC(NS(=O)(=O)CC)C=C2)c(C#N)c2ccc(OC)c(C)c21. The maximum atomic E-state index is 12.0. The van der Waals surface area contributed by atoms with Gasteiger partial charge < -0.3 is 9.30 Å². The van der Waals surface area contributed by atoms with Crippen molar-refractivity contribution in [1.29, 1.82) is 5.26 Å². The lowest BCUT2D eigenvalue weighted by Gasteiger charge is -2.14. The monoisotopic (exact) mass is 441 g/mol. The molecule has 3 rings (SSSR count). The molecular weight excluding hydrogens is 410 g/mol. The van der Waals surface area contributed by atoms with Gasteiger partial charge in [-0.3, -0.25) is 0 Å². The van der Waals surface area contributed by atoms with E-state index < -0.39 is 10.0 Å². The van der Waals surface area contributed by atoms with E-state index in [1.807, 2.05) is 31.2 Å². The van der Waals surface area contributed by atoms with Crippen LogP contribution in [0, 0.1) is 18.3 Å². The van der Waals surface area contributed by atoms with E-state index in [0.29, 0.717) is 12.0 Å². The molecule has 0 aliphatic heterocycles. The van der Waals surface area contributed by atoms with Gasteiger partial charge in [-0.1, -0.05) is 31.6 Å². The van der Waals surface area contributed by atoms with Crippen LogP contribution in [-0.2, 0) is 16.6 Å². The molecule has 1 N–H and O–H groups in total. The van der Waals surface area contributed by atoms with E-state index in [9.17, 15) is 13.7 Å². The first kappa shape index (κ1) is 23.1. The van der Waals surface area contributed by atoms with Crippen LogP contribution in [0.15, 0.2) is 30.4 Å². The molecule has 166 valence electrons. The van der Waals surface area contributed by atoms with Crippen LogP contribution in [0.3, 0.4) is 0 Å². The van der Waals surface area contributed by atoms with Crippen molar-refractivity contribution in [3.05, 3.63) is 47.2 Å². The number of allylic oxidation sites excluding steroid dienone is 3. The molecule has 7 heteroatoms. The lowest BCUT2D eigenvalue weighted by molar-refractivity contribution is 0.412. The molecule has 0 spiro atoms. The van der Waals surface area contributed by atoms with E-state index in [-0.39, 0.29) is 11.8 Å². The van der Waals surface area contributed by atoms with Gasteiger partial charge in [0.25, 0.3) is 0 Å². The van der Waals surface area contributed by atoms with Crippen molar-refractivity contribution < 1.29 is 13.2 Å². The number of rotatable bonds is 8. The van der Waals surface area contributed by atoms with Crippen molar-refractivity contribution in [3.8, 4) is 11.8 Å². The lowest BCUT2D eigenvalue weighted by Crippen LogP contribution is -2.34. The summed E-state index contributed by atoms with van der Waals surface area (Å²) >= 11 is 0. The zero-order valence-corrected chi connectivity index (χ0v) is 19.6. The van der Waals surface area contributed by atoms with E-state index in [0.717, 1.165) is 59.3 Å². The Balaban J connectivity index is 2.15. The van der Waals surface area contributed by atoms with Crippen LogP contribution in [0.1, 0.15) is 56.4 Å². The Hall–Kier alpha value is -2.56. The Kier molecular flexibility index (Phi) is 7.24. The summed E-state index contributed by atoms with van der Waals surface area (Å²) in [6, 6.07) is 6.06. The molecule has 1 aliphatic carbocycles. The Bertz CT molecular complexity index is 1170. The molecule has 1 aliphatic rings. The largest absolute Gasteiger partial charge is 0.496 e. The standard InChI is InChI=1S/C24H31N3O3S/c1-5-7-15-27-23-17(3)22(30-4)14-13-20(23)21(16-25)24(27)18-9-8-10-19(12-11-18)26-31(28,29)6-2/h9,11-14,19,26H,5-8,10,15H2,1-4H3. The number of benzene rings is 1. The minimum absolute atomic E-state index is 0.0581. The molecule has 1 unspecified atom stereocenters. The number of nitrogens with zero attached hydrogens (tertiary/aromatic N) is 2. The fourth-order valence-corrected chi connectivity index (χ4v) is 4.99. The second-order valence-electron chi connectivity index (χ2n) is 7.85. The first-order valence-corrected chi connectivity index (χ1v) is 12.5. The normalized spacial score (nSPS) is 16.7. The predicted octanol–water partition coefficient (Wildman–Crippen LogP) is 4.67. The number of fused-ring (bicyclic) bond motifs is 1. The van der Waals surface area contributed by atoms with Crippen LogP contribution in [0.25, 0.3) is 16.5 Å². The number of hydrogen-bond donors (Lipinski definition) is 1. The van der Waals surface area contributed by atoms with Gasteiger partial charge in [0, 0.05) is 23.5 Å². The number of nitrogens with one attached hydrogen (secondary N) is 1. The van der Waals surface area contributed by atoms with Crippen molar-refractivity contribution >= 4 is 26.5 Å². The van der Waals surface area contributed by atoms with Gasteiger partial charge in [0.05, 0.1) is 29.6 Å². The Morgan fingerprint density at radius 3 is 2.74 bits per heavy atom. The smallest absolute Gasteiger partial charge is 0.211 e. The molecule has 1 aromatic heterocycles. The quantitative estimate of drug-likeness (QED) is 0.645. The second kappa shape index (κ2) is 9.71. The molecular formula is C24H31N3O3S. The molecule has 1 heterocycles. The molecule has 0 amide bonds. The summed E-state index contributed by atoms with van der Waals surface area (Å²) in [5.41, 5.74) is 4.56. The van der Waals surface area contributed by atoms with E-state index >= 15 is 0 Å². The number of sulfonamides is 1. The number of unbranched alkanes of at least 4 members (excludes halogenated alkanes) is 1. The van der Waals surface area contributed by atoms with Gasteiger partial charge in [-0.15, -0.1) is 0 Å². The van der Waals surface area contributed by atoms with Crippen molar-refractivity contribution in [3.63, 3.8) is 0 Å². The number of aryl methyl sites for hydroxylation is 2. The topological polar surface area (TPSA) is 84.1 Å². The first-order chi connectivity index (χ1) is 14.9. The van der Waals surface area contributed by atoms with Gasteiger partial charge in [0.15, 0.2) is 0 Å². The molecule has 2 aromatic rings. The molecule has 0 saturated heterocycles. The zero-order chi connectivity index (χ0) is 22.6. The Morgan fingerprint density at radius 2 is 2.10 bits per heavy atom. The number of aromatic nitrogens is 1. The maximum absolute atomic E-state index is 12.0. The highest BCUT2D eigenvalue weighted by Crippen LogP contribution is 2.37. The van der Waals surface area contributed by atoms with Crippen molar-refractivity contribution in [2.24, 2.45) is 0 Å². The van der Waals surface area contributed by atoms with Gasteiger partial charge in [-0.05, 0) is 50.8 Å². The Morgan fingerprint density at radius 1 is 1.32 bits per heavy atom. The van der Waals surface area contributed by atoms with Crippen LogP contribution in [0.2, 0.25) is 0 Å². The van der Waals surface area contributed by atoms with Crippen LogP contribution < -0.4 is 9.46 Å². The van der Waals surface area contributed by atoms with Gasteiger partial charge in [-0.2, -0.15) is 5.26 Å². The molecule has 0 fully saturated rings. The highest BCUT2D eigenvalue weighted by Gasteiger charge is 2.23. The predicted molar refractivity (Wildman–Crippen MR) is 126 cm³/mol. The van der Waals surface area contributed by atoms with Crippen molar-refractivity contribution in [2.45, 2.75) is 59.0 Å². The zero-order valence-electron chi connectivity index (χ0n) is 18.7. The van der Waals surface area contributed by atoms with Crippen LogP contribution in [0.5, 0.6) is 5.75 Å². The summed E-state index contributed by atoms with van der Waals surface area (Å²) < 4.78 is 34.5. The minimum atomic E-state index is -3.28. The maximum Gasteiger partial charge on any atom is 0.211 e. The average molecular weight is 442 g/mol. The molecule has 1 atom stereocenters. The lowest BCUT2D eigenvalue weighted by atomic mass is 10.0. The summed E-state index contributed by atoms with van der Waals surface area (Å²) in [7, 11) is -1.62. The first-order valence-electron chi connectivity index (χ1n) is 10.8. The van der Waals surface area contributed by atoms with Gasteiger partial charge >= 0.3 is 0 Å². The van der Waals surface area contributed by atoms with Crippen LogP contribution in [0.4, 0.5) is 0 Å². The molecule has 0 saturated carbocycles. The molecule has 6 nitrogen and oxygen atoms in total. The van der Waals surface area contributed by atoms with E-state index in [2.05, 4.69) is 28.4 Å². The summed E-state index contributed by atoms with van der Waals surface area (Å²) in [6.07, 6.45) is 9.42. The highest BCUT2D eigenvalue weighted by atomic mass is 32.2. The minimum Gasteiger partial charge on any atom is -0.496 e. The summed E-state index contributed by atoms with van der Waals surface area (Å²) in [4.78, 5) is 0. The Labute approximate surface area is 185 Å². The summed E-state index contributed by atoms with van der Waals surface area (Å²) in [6.45, 7) is 6.62.